The lowest BCUT2D eigenvalue weighted by Crippen LogP contribution is -2.37. The van der Waals surface area contributed by atoms with Crippen molar-refractivity contribution in [2.45, 2.75) is 46.1 Å². The Balaban J connectivity index is 1.52. The van der Waals surface area contributed by atoms with Crippen LogP contribution in [-0.4, -0.2) is 41.3 Å². The van der Waals surface area contributed by atoms with Crippen LogP contribution in [0.5, 0.6) is 0 Å². The predicted octanol–water partition coefficient (Wildman–Crippen LogP) is 4.03. The zero-order valence-corrected chi connectivity index (χ0v) is 18.7. The van der Waals surface area contributed by atoms with E-state index in [0.717, 1.165) is 43.6 Å². The van der Waals surface area contributed by atoms with Gasteiger partial charge in [0.2, 0.25) is 5.95 Å². The fourth-order valence-electron chi connectivity index (χ4n) is 4.32. The summed E-state index contributed by atoms with van der Waals surface area (Å²) in [5.41, 5.74) is 0. The monoisotopic (exact) mass is 428 g/mol. The fraction of sp³-hybridized carbons (Fsp3) is 0.591. The second-order valence-electron chi connectivity index (χ2n) is 8.68. The molecule has 0 unspecified atom stereocenters. The van der Waals surface area contributed by atoms with E-state index in [1.54, 1.807) is 6.26 Å². The maximum atomic E-state index is 5.47. The van der Waals surface area contributed by atoms with Crippen LogP contribution in [0, 0.1) is 11.8 Å². The molecule has 2 aromatic heterocycles. The third-order valence-corrected chi connectivity index (χ3v) is 6.14. The summed E-state index contributed by atoms with van der Waals surface area (Å²) in [6, 6.07) is 5.94. The van der Waals surface area contributed by atoms with Crippen LogP contribution in [0.3, 0.4) is 0 Å². The molecule has 4 rings (SSSR count). The van der Waals surface area contributed by atoms with Gasteiger partial charge in [-0.2, -0.15) is 9.97 Å². The highest BCUT2D eigenvalue weighted by atomic mass is 32.1. The van der Waals surface area contributed by atoms with E-state index < -0.39 is 0 Å². The number of nitrogens with zero attached hydrogens (tertiary/aromatic N) is 4. The van der Waals surface area contributed by atoms with Gasteiger partial charge < -0.3 is 24.9 Å². The van der Waals surface area contributed by atoms with Crippen LogP contribution in [0.4, 0.5) is 17.6 Å². The quantitative estimate of drug-likeness (QED) is 0.692. The minimum Gasteiger partial charge on any atom is -0.467 e. The molecule has 0 saturated carbocycles. The first-order valence-electron chi connectivity index (χ1n) is 11.0. The molecule has 0 aliphatic carbocycles. The molecule has 7 nitrogen and oxygen atoms in total. The first-order valence-corrected chi connectivity index (χ1v) is 11.4. The summed E-state index contributed by atoms with van der Waals surface area (Å²) < 4.78 is 5.36. The van der Waals surface area contributed by atoms with Crippen molar-refractivity contribution in [3.05, 3.63) is 30.2 Å². The molecule has 0 amide bonds. The predicted molar refractivity (Wildman–Crippen MR) is 125 cm³/mol. The second-order valence-corrected chi connectivity index (χ2v) is 9.09. The summed E-state index contributed by atoms with van der Waals surface area (Å²) >= 11 is 5.47. The lowest BCUT2D eigenvalue weighted by molar-refractivity contribution is 0.441. The summed E-state index contributed by atoms with van der Waals surface area (Å²) in [4.78, 5) is 14.4. The molecular weight excluding hydrogens is 396 g/mol. The van der Waals surface area contributed by atoms with Gasteiger partial charge in [-0.05, 0) is 61.9 Å². The summed E-state index contributed by atoms with van der Waals surface area (Å²) in [6.45, 7) is 9.30. The molecule has 2 atom stereocenters. The molecule has 0 radical (unpaired) electrons. The Hall–Kier alpha value is -2.35. The average molecular weight is 429 g/mol. The van der Waals surface area contributed by atoms with Crippen molar-refractivity contribution in [2.75, 3.05) is 41.3 Å². The second kappa shape index (κ2) is 9.64. The van der Waals surface area contributed by atoms with Gasteiger partial charge in [-0.25, -0.2) is 0 Å². The standard InChI is InChI=1S/C22H32N6OS/c1-16-6-3-9-27(14-16)19-12-20(28-10-4-7-17(2)15-28)25-21(24-19)26-22(30)23-13-18-8-5-11-29-18/h5,8,11-12,16-17H,3-4,6-7,9-10,13-15H2,1-2H3,(H2,23,24,25,26,30)/t16-,17-/m1/s1. The van der Waals surface area contributed by atoms with Gasteiger partial charge in [-0.15, -0.1) is 0 Å². The van der Waals surface area contributed by atoms with Gasteiger partial charge in [0.1, 0.15) is 17.4 Å². The number of hydrogen-bond donors (Lipinski definition) is 2. The van der Waals surface area contributed by atoms with Gasteiger partial charge in [0.15, 0.2) is 5.11 Å². The highest BCUT2D eigenvalue weighted by molar-refractivity contribution is 7.80. The molecule has 2 aliphatic heterocycles. The van der Waals surface area contributed by atoms with Gasteiger partial charge in [0, 0.05) is 32.2 Å². The Labute approximate surface area is 184 Å². The van der Waals surface area contributed by atoms with E-state index in [1.807, 2.05) is 12.1 Å². The van der Waals surface area contributed by atoms with E-state index in [4.69, 9.17) is 26.6 Å². The number of nitrogens with one attached hydrogen (secondary N) is 2. The van der Waals surface area contributed by atoms with Gasteiger partial charge >= 0.3 is 0 Å². The molecule has 2 fully saturated rings. The minimum atomic E-state index is 0.494. The van der Waals surface area contributed by atoms with Crippen molar-refractivity contribution < 1.29 is 4.42 Å². The smallest absolute Gasteiger partial charge is 0.232 e. The van der Waals surface area contributed by atoms with E-state index in [-0.39, 0.29) is 0 Å². The number of piperidine rings is 2. The van der Waals surface area contributed by atoms with Crippen LogP contribution in [0.25, 0.3) is 0 Å². The Morgan fingerprint density at radius 3 is 2.27 bits per heavy atom. The summed E-state index contributed by atoms with van der Waals surface area (Å²) in [6.07, 6.45) is 6.62. The Kier molecular flexibility index (Phi) is 6.72. The first kappa shape index (κ1) is 20.9. The summed E-state index contributed by atoms with van der Waals surface area (Å²) in [5, 5.41) is 6.85. The Morgan fingerprint density at radius 2 is 1.73 bits per heavy atom. The third kappa shape index (κ3) is 5.41. The van der Waals surface area contributed by atoms with Crippen LogP contribution in [0.1, 0.15) is 45.3 Å². The number of thiocarbonyl (C=S) groups is 1. The molecule has 0 aromatic carbocycles. The molecule has 0 spiro atoms. The van der Waals surface area contributed by atoms with E-state index in [1.165, 1.54) is 25.7 Å². The summed E-state index contributed by atoms with van der Waals surface area (Å²) in [5.74, 6) is 4.72. The van der Waals surface area contributed by atoms with Crippen LogP contribution >= 0.6 is 12.2 Å². The van der Waals surface area contributed by atoms with E-state index in [9.17, 15) is 0 Å². The van der Waals surface area contributed by atoms with Crippen LogP contribution < -0.4 is 20.4 Å². The molecular formula is C22H32N6OS. The molecule has 2 N–H and O–H groups in total. The highest BCUT2D eigenvalue weighted by Crippen LogP contribution is 2.28. The van der Waals surface area contributed by atoms with Crippen LogP contribution in [0.15, 0.2) is 28.9 Å². The molecule has 4 heterocycles. The van der Waals surface area contributed by atoms with Crippen molar-refractivity contribution in [1.29, 1.82) is 0 Å². The number of hydrogen-bond acceptors (Lipinski definition) is 6. The van der Waals surface area contributed by atoms with Crippen molar-refractivity contribution in [3.8, 4) is 0 Å². The van der Waals surface area contributed by atoms with Crippen molar-refractivity contribution in [3.63, 3.8) is 0 Å². The first-order chi connectivity index (χ1) is 14.6. The third-order valence-electron chi connectivity index (χ3n) is 5.89. The van der Waals surface area contributed by atoms with Crippen molar-refractivity contribution in [1.82, 2.24) is 15.3 Å². The number of aromatic nitrogens is 2. The maximum Gasteiger partial charge on any atom is 0.232 e. The number of rotatable bonds is 5. The lowest BCUT2D eigenvalue weighted by Gasteiger charge is -2.35. The maximum absolute atomic E-state index is 5.47. The molecule has 30 heavy (non-hydrogen) atoms. The lowest BCUT2D eigenvalue weighted by atomic mass is 10.00. The van der Waals surface area contributed by atoms with Gasteiger partial charge in [0.05, 0.1) is 12.8 Å². The number of anilines is 3. The van der Waals surface area contributed by atoms with Crippen LogP contribution in [0.2, 0.25) is 0 Å². The molecule has 162 valence electrons. The van der Waals surface area contributed by atoms with Crippen LogP contribution in [-0.2, 0) is 6.54 Å². The van der Waals surface area contributed by atoms with Gasteiger partial charge in [0.25, 0.3) is 0 Å². The van der Waals surface area contributed by atoms with Gasteiger partial charge in [-0.1, -0.05) is 13.8 Å². The van der Waals surface area contributed by atoms with E-state index in [0.29, 0.717) is 29.4 Å². The highest BCUT2D eigenvalue weighted by Gasteiger charge is 2.23. The zero-order chi connectivity index (χ0) is 20.9. The average Bonchev–Trinajstić information content (AvgIpc) is 3.26. The Morgan fingerprint density at radius 1 is 1.10 bits per heavy atom. The molecule has 0 bridgehead atoms. The fourth-order valence-corrected chi connectivity index (χ4v) is 4.49. The minimum absolute atomic E-state index is 0.494. The Bertz CT molecular complexity index is 802. The van der Waals surface area contributed by atoms with Crippen molar-refractivity contribution >= 4 is 34.9 Å². The van der Waals surface area contributed by atoms with E-state index in [2.05, 4.69) is 40.3 Å². The normalized spacial score (nSPS) is 22.1. The van der Waals surface area contributed by atoms with Gasteiger partial charge in [-0.3, -0.25) is 0 Å². The van der Waals surface area contributed by atoms with Crippen molar-refractivity contribution in [2.24, 2.45) is 11.8 Å². The molecule has 2 aromatic rings. The molecule has 8 heteroatoms. The molecule has 2 aliphatic rings. The zero-order valence-electron chi connectivity index (χ0n) is 17.9. The largest absolute Gasteiger partial charge is 0.467 e. The topological polar surface area (TPSA) is 69.5 Å². The van der Waals surface area contributed by atoms with E-state index >= 15 is 0 Å². The SMILES string of the molecule is C[C@@H]1CCCN(c2cc(N3CCC[C@@H](C)C3)nc(NC(=S)NCc3ccco3)n2)C1. The molecule has 2 saturated heterocycles. The summed E-state index contributed by atoms with van der Waals surface area (Å²) in [7, 11) is 0. The number of furan rings is 1.